The number of nitrogens with one attached hydrogen (secondary N) is 1. The van der Waals surface area contributed by atoms with Gasteiger partial charge in [0, 0.05) is 6.08 Å². The van der Waals surface area contributed by atoms with Crippen LogP contribution < -0.4 is 10.1 Å². The maximum absolute atomic E-state index is 11.9. The average Bonchev–Trinajstić information content (AvgIpc) is 2.69. The van der Waals surface area contributed by atoms with Gasteiger partial charge in [-0.2, -0.15) is 0 Å². The van der Waals surface area contributed by atoms with Crippen molar-refractivity contribution in [2.75, 3.05) is 0 Å². The number of carboxylic acids is 1. The molecule has 1 amide bonds. The Labute approximate surface area is 159 Å². The highest BCUT2D eigenvalue weighted by Crippen LogP contribution is 2.15. The SMILES string of the molecule is CCCCC(NC(=O)/C=C/c1ccc(OCc2ccccc2)cc1)C(=O)O. The van der Waals surface area contributed by atoms with E-state index < -0.39 is 17.9 Å². The lowest BCUT2D eigenvalue weighted by Crippen LogP contribution is -2.39. The Kier molecular flexibility index (Phi) is 8.10. The second kappa shape index (κ2) is 10.8. The van der Waals surface area contributed by atoms with Crippen LogP contribution >= 0.6 is 0 Å². The van der Waals surface area contributed by atoms with Gasteiger partial charge in [-0.05, 0) is 35.8 Å². The number of carbonyl (C=O) groups is 2. The highest BCUT2D eigenvalue weighted by atomic mass is 16.5. The van der Waals surface area contributed by atoms with Crippen molar-refractivity contribution in [1.82, 2.24) is 5.32 Å². The lowest BCUT2D eigenvalue weighted by Gasteiger charge is -2.12. The molecule has 0 radical (unpaired) electrons. The summed E-state index contributed by atoms with van der Waals surface area (Å²) >= 11 is 0. The number of ether oxygens (including phenoxy) is 1. The number of amides is 1. The predicted molar refractivity (Wildman–Crippen MR) is 105 cm³/mol. The number of rotatable bonds is 10. The highest BCUT2D eigenvalue weighted by molar-refractivity contribution is 5.94. The first-order valence-electron chi connectivity index (χ1n) is 9.06. The summed E-state index contributed by atoms with van der Waals surface area (Å²) in [5.74, 6) is -0.681. The van der Waals surface area contributed by atoms with Gasteiger partial charge in [0.2, 0.25) is 5.91 Å². The van der Waals surface area contributed by atoms with Crippen LogP contribution in [0.5, 0.6) is 5.75 Å². The fourth-order valence-electron chi connectivity index (χ4n) is 2.47. The Morgan fingerprint density at radius 3 is 2.44 bits per heavy atom. The van der Waals surface area contributed by atoms with Gasteiger partial charge in [-0.3, -0.25) is 4.79 Å². The predicted octanol–water partition coefficient (Wildman–Crippen LogP) is 4.04. The zero-order valence-electron chi connectivity index (χ0n) is 15.4. The normalized spacial score (nSPS) is 11.9. The summed E-state index contributed by atoms with van der Waals surface area (Å²) in [5.41, 5.74) is 1.92. The Bertz CT molecular complexity index is 754. The standard InChI is InChI=1S/C22H25NO4/c1-2-3-9-20(22(25)26)23-21(24)15-12-17-10-13-19(14-11-17)27-16-18-7-5-4-6-8-18/h4-8,10-15,20H,2-3,9,16H2,1H3,(H,23,24)(H,25,26)/b15-12+. The number of hydrogen-bond acceptors (Lipinski definition) is 3. The van der Waals surface area contributed by atoms with Gasteiger partial charge in [0.1, 0.15) is 18.4 Å². The minimum atomic E-state index is -1.01. The van der Waals surface area contributed by atoms with Crippen LogP contribution in [0.25, 0.3) is 6.08 Å². The van der Waals surface area contributed by atoms with Crippen LogP contribution in [0, 0.1) is 0 Å². The van der Waals surface area contributed by atoms with Crippen molar-refractivity contribution in [3.05, 3.63) is 71.8 Å². The lowest BCUT2D eigenvalue weighted by molar-refractivity contribution is -0.141. The minimum Gasteiger partial charge on any atom is -0.489 e. The third-order valence-electron chi connectivity index (χ3n) is 4.02. The molecule has 2 N–H and O–H groups in total. The molecule has 0 aliphatic carbocycles. The molecule has 0 spiro atoms. The van der Waals surface area contributed by atoms with Crippen LogP contribution in [0.4, 0.5) is 0 Å². The summed E-state index contributed by atoms with van der Waals surface area (Å²) in [7, 11) is 0. The first-order chi connectivity index (χ1) is 13.1. The number of carboxylic acid groups (broad SMARTS) is 1. The first-order valence-corrected chi connectivity index (χ1v) is 9.06. The lowest BCUT2D eigenvalue weighted by atomic mass is 10.1. The minimum absolute atomic E-state index is 0.414. The molecule has 5 heteroatoms. The summed E-state index contributed by atoms with van der Waals surface area (Å²) in [4.78, 5) is 23.1. The molecule has 0 bridgehead atoms. The van der Waals surface area contributed by atoms with E-state index in [1.807, 2.05) is 61.5 Å². The van der Waals surface area contributed by atoms with Crippen LogP contribution in [-0.4, -0.2) is 23.0 Å². The Morgan fingerprint density at radius 2 is 1.81 bits per heavy atom. The largest absolute Gasteiger partial charge is 0.489 e. The van der Waals surface area contributed by atoms with Crippen LogP contribution in [0.15, 0.2) is 60.7 Å². The summed E-state index contributed by atoms with van der Waals surface area (Å²) in [6.45, 7) is 2.47. The van der Waals surface area contributed by atoms with E-state index in [-0.39, 0.29) is 0 Å². The van der Waals surface area contributed by atoms with Crippen molar-refractivity contribution >= 4 is 18.0 Å². The Morgan fingerprint density at radius 1 is 1.11 bits per heavy atom. The first kappa shape index (κ1) is 20.2. The number of carbonyl (C=O) groups excluding carboxylic acids is 1. The molecule has 2 aromatic rings. The number of hydrogen-bond donors (Lipinski definition) is 2. The molecule has 0 aromatic heterocycles. The van der Waals surface area contributed by atoms with Gasteiger partial charge >= 0.3 is 5.97 Å². The van der Waals surface area contributed by atoms with E-state index in [2.05, 4.69) is 5.32 Å². The van der Waals surface area contributed by atoms with Crippen LogP contribution in [-0.2, 0) is 16.2 Å². The van der Waals surface area contributed by atoms with E-state index >= 15 is 0 Å². The van der Waals surface area contributed by atoms with Crippen molar-refractivity contribution < 1.29 is 19.4 Å². The second-order valence-corrected chi connectivity index (χ2v) is 6.22. The summed E-state index contributed by atoms with van der Waals surface area (Å²) in [6.07, 6.45) is 5.06. The van der Waals surface area contributed by atoms with Crippen molar-refractivity contribution in [3.8, 4) is 5.75 Å². The molecule has 142 valence electrons. The monoisotopic (exact) mass is 367 g/mol. The topological polar surface area (TPSA) is 75.6 Å². The molecule has 1 atom stereocenters. The molecule has 0 aliphatic heterocycles. The quantitative estimate of drug-likeness (QED) is 0.622. The fourth-order valence-corrected chi connectivity index (χ4v) is 2.47. The molecule has 2 aromatic carbocycles. The van der Waals surface area contributed by atoms with Gasteiger partial charge in [0.25, 0.3) is 0 Å². The number of aliphatic carboxylic acids is 1. The average molecular weight is 367 g/mol. The summed E-state index contributed by atoms with van der Waals surface area (Å²) in [6, 6.07) is 16.4. The maximum atomic E-state index is 11.9. The molecule has 2 rings (SSSR count). The van der Waals surface area contributed by atoms with Gasteiger partial charge in [-0.25, -0.2) is 4.79 Å². The molecule has 1 unspecified atom stereocenters. The van der Waals surface area contributed by atoms with Crippen LogP contribution in [0.2, 0.25) is 0 Å². The van der Waals surface area contributed by atoms with Crippen molar-refractivity contribution in [2.24, 2.45) is 0 Å². The third kappa shape index (κ3) is 7.36. The van der Waals surface area contributed by atoms with Gasteiger partial charge in [0.05, 0.1) is 0 Å². The van der Waals surface area contributed by atoms with Gasteiger partial charge in [0.15, 0.2) is 0 Å². The van der Waals surface area contributed by atoms with E-state index in [4.69, 9.17) is 9.84 Å². The number of unbranched alkanes of at least 4 members (excludes halogenated alkanes) is 1. The molecule has 0 heterocycles. The second-order valence-electron chi connectivity index (χ2n) is 6.22. The third-order valence-corrected chi connectivity index (χ3v) is 4.02. The Balaban J connectivity index is 1.85. The molecular weight excluding hydrogens is 342 g/mol. The summed E-state index contributed by atoms with van der Waals surface area (Å²) < 4.78 is 5.72. The van der Waals surface area contributed by atoms with E-state index in [1.54, 1.807) is 6.08 Å². The van der Waals surface area contributed by atoms with Gasteiger partial charge < -0.3 is 15.2 Å². The van der Waals surface area contributed by atoms with Crippen molar-refractivity contribution in [1.29, 1.82) is 0 Å². The van der Waals surface area contributed by atoms with E-state index in [9.17, 15) is 9.59 Å². The summed E-state index contributed by atoms with van der Waals surface area (Å²) in [5, 5.41) is 11.7. The Hall–Kier alpha value is -3.08. The molecular formula is C22H25NO4. The van der Waals surface area contributed by atoms with E-state index in [1.165, 1.54) is 6.08 Å². The zero-order valence-corrected chi connectivity index (χ0v) is 15.4. The fraction of sp³-hybridized carbons (Fsp3) is 0.273. The smallest absolute Gasteiger partial charge is 0.326 e. The van der Waals surface area contributed by atoms with Crippen LogP contribution in [0.1, 0.15) is 37.3 Å². The molecule has 0 saturated heterocycles. The van der Waals surface area contributed by atoms with E-state index in [0.717, 1.165) is 29.7 Å². The zero-order chi connectivity index (χ0) is 19.5. The molecule has 27 heavy (non-hydrogen) atoms. The van der Waals surface area contributed by atoms with Crippen LogP contribution in [0.3, 0.4) is 0 Å². The number of benzene rings is 2. The maximum Gasteiger partial charge on any atom is 0.326 e. The highest BCUT2D eigenvalue weighted by Gasteiger charge is 2.17. The molecule has 0 aliphatic rings. The molecule has 0 fully saturated rings. The van der Waals surface area contributed by atoms with Gasteiger partial charge in [-0.15, -0.1) is 0 Å². The van der Waals surface area contributed by atoms with Crippen molar-refractivity contribution in [3.63, 3.8) is 0 Å². The molecule has 5 nitrogen and oxygen atoms in total. The van der Waals surface area contributed by atoms with Gasteiger partial charge in [-0.1, -0.05) is 62.2 Å². The molecule has 0 saturated carbocycles. The van der Waals surface area contributed by atoms with Crippen molar-refractivity contribution in [2.45, 2.75) is 38.8 Å². The van der Waals surface area contributed by atoms with E-state index in [0.29, 0.717) is 13.0 Å².